The number of carbonyl (C=O) groups excluding carboxylic acids is 2. The first-order valence-electron chi connectivity index (χ1n) is 13.3. The van der Waals surface area contributed by atoms with Gasteiger partial charge in [-0.3, -0.25) is 14.6 Å². The van der Waals surface area contributed by atoms with Crippen LogP contribution in [0.25, 0.3) is 22.2 Å². The number of amides is 2. The van der Waals surface area contributed by atoms with Crippen molar-refractivity contribution in [2.75, 3.05) is 13.2 Å². The molecule has 0 unspecified atom stereocenters. The van der Waals surface area contributed by atoms with Gasteiger partial charge >= 0.3 is 12.8 Å². The Kier molecular flexibility index (Phi) is 8.28. The largest absolute Gasteiger partial charge is 0.489 e. The Morgan fingerprint density at radius 2 is 1.91 bits per heavy atom. The highest BCUT2D eigenvalue weighted by Crippen LogP contribution is 2.48. The Hall–Kier alpha value is -4.63. The molecule has 0 saturated heterocycles. The number of halogens is 7. The van der Waals surface area contributed by atoms with Gasteiger partial charge in [-0.15, -0.1) is 0 Å². The number of pyridine rings is 2. The van der Waals surface area contributed by atoms with E-state index in [2.05, 4.69) is 14.7 Å². The maximum absolute atomic E-state index is 14.7. The fourth-order valence-electron chi connectivity index (χ4n) is 4.93. The second-order valence-corrected chi connectivity index (χ2v) is 11.2. The van der Waals surface area contributed by atoms with E-state index < -0.39 is 64.4 Å². The standard InChI is InChI=1S/C30H23ClF6N4O5/c1-13-5-15-6-16(8-20(46-27(33)34)22(15)39-10-13)25(42)40-11-29(44,30(35,36)37)21-9-17-24(45-12-28(17,2)26(38)43)23(41-21)14-3-4-19(32)18(31)7-14/h3-10,27,44H,11-12H2,1-2H3,(H2,38,43)(H,40,42)/t28-,29-/m0/s1. The summed E-state index contributed by atoms with van der Waals surface area (Å²) >= 11 is 5.90. The van der Waals surface area contributed by atoms with Gasteiger partial charge in [0.05, 0.1) is 17.3 Å². The van der Waals surface area contributed by atoms with E-state index in [0.29, 0.717) is 5.56 Å². The van der Waals surface area contributed by atoms with Gasteiger partial charge < -0.3 is 25.6 Å². The third kappa shape index (κ3) is 5.75. The summed E-state index contributed by atoms with van der Waals surface area (Å²) in [6, 6.07) is 7.52. The summed E-state index contributed by atoms with van der Waals surface area (Å²) in [5.41, 5.74) is -1.36. The molecule has 0 fully saturated rings. The van der Waals surface area contributed by atoms with Crippen molar-refractivity contribution in [2.24, 2.45) is 5.73 Å². The number of carbonyl (C=O) groups is 2. The summed E-state index contributed by atoms with van der Waals surface area (Å²) in [6.07, 6.45) is -4.12. The van der Waals surface area contributed by atoms with Crippen LogP contribution in [-0.2, 0) is 15.8 Å². The molecular formula is C30H23ClF6N4O5. The molecule has 2 aromatic carbocycles. The molecule has 0 saturated carbocycles. The lowest BCUT2D eigenvalue weighted by Crippen LogP contribution is -2.51. The number of aryl methyl sites for hydroxylation is 1. The molecule has 16 heteroatoms. The Morgan fingerprint density at radius 3 is 2.54 bits per heavy atom. The molecule has 3 heterocycles. The van der Waals surface area contributed by atoms with Crippen LogP contribution in [0.2, 0.25) is 5.02 Å². The molecule has 2 aromatic heterocycles. The Balaban J connectivity index is 1.60. The topological polar surface area (TPSA) is 137 Å². The van der Waals surface area contributed by atoms with Crippen LogP contribution in [0, 0.1) is 12.7 Å². The quantitative estimate of drug-likeness (QED) is 0.216. The molecule has 5 rings (SSSR count). The fourth-order valence-corrected chi connectivity index (χ4v) is 5.11. The predicted molar refractivity (Wildman–Crippen MR) is 152 cm³/mol. The molecule has 0 bridgehead atoms. The molecule has 1 aliphatic rings. The molecule has 2 atom stereocenters. The SMILES string of the molecule is Cc1cnc2c(OC(F)F)cc(C(=O)NC[C@](O)(c3cc4c(c(-c5ccc(F)c(Cl)c5)n3)OC[C@]4(C)C(N)=O)C(F)(F)F)cc2c1. The number of fused-ring (bicyclic) bond motifs is 2. The van der Waals surface area contributed by atoms with Crippen LogP contribution in [0.15, 0.2) is 48.7 Å². The molecule has 46 heavy (non-hydrogen) atoms. The summed E-state index contributed by atoms with van der Waals surface area (Å²) in [7, 11) is 0. The van der Waals surface area contributed by atoms with Gasteiger partial charge in [-0.25, -0.2) is 9.37 Å². The first kappa shape index (κ1) is 32.8. The predicted octanol–water partition coefficient (Wildman–Crippen LogP) is 5.31. The van der Waals surface area contributed by atoms with E-state index in [9.17, 15) is 41.0 Å². The van der Waals surface area contributed by atoms with Gasteiger partial charge in [0.1, 0.15) is 34.8 Å². The maximum atomic E-state index is 14.7. The van der Waals surface area contributed by atoms with Crippen LogP contribution >= 0.6 is 11.6 Å². The number of hydrogen-bond donors (Lipinski definition) is 3. The highest BCUT2D eigenvalue weighted by atomic mass is 35.5. The van der Waals surface area contributed by atoms with Gasteiger partial charge in [0.2, 0.25) is 11.5 Å². The van der Waals surface area contributed by atoms with E-state index in [1.807, 2.05) is 5.32 Å². The summed E-state index contributed by atoms with van der Waals surface area (Å²) in [4.78, 5) is 33.6. The first-order chi connectivity index (χ1) is 21.4. The number of nitrogens with one attached hydrogen (secondary N) is 1. The van der Waals surface area contributed by atoms with Crippen molar-refractivity contribution in [3.8, 4) is 22.8 Å². The third-order valence-electron chi connectivity index (χ3n) is 7.57. The molecule has 4 N–H and O–H groups in total. The minimum atomic E-state index is -5.49. The number of hydrogen-bond acceptors (Lipinski definition) is 7. The number of benzene rings is 2. The van der Waals surface area contributed by atoms with Crippen LogP contribution in [0.3, 0.4) is 0 Å². The number of nitrogens with two attached hydrogens (primary N) is 1. The molecule has 0 spiro atoms. The van der Waals surface area contributed by atoms with Crippen molar-refractivity contribution in [1.82, 2.24) is 15.3 Å². The van der Waals surface area contributed by atoms with E-state index in [-0.39, 0.29) is 45.6 Å². The van der Waals surface area contributed by atoms with E-state index in [0.717, 1.165) is 30.3 Å². The molecule has 9 nitrogen and oxygen atoms in total. The van der Waals surface area contributed by atoms with Gasteiger partial charge in [-0.05, 0) is 61.9 Å². The van der Waals surface area contributed by atoms with Gasteiger partial charge in [-0.2, -0.15) is 22.0 Å². The smallest absolute Gasteiger partial charge is 0.424 e. The van der Waals surface area contributed by atoms with E-state index in [1.165, 1.54) is 25.3 Å². The van der Waals surface area contributed by atoms with Gasteiger partial charge in [-0.1, -0.05) is 11.6 Å². The number of aliphatic hydroxyl groups is 1. The zero-order valence-corrected chi connectivity index (χ0v) is 24.6. The number of nitrogens with zero attached hydrogens (tertiary/aromatic N) is 2. The average Bonchev–Trinajstić information content (AvgIpc) is 3.33. The lowest BCUT2D eigenvalue weighted by atomic mass is 9.81. The van der Waals surface area contributed by atoms with Crippen molar-refractivity contribution >= 4 is 34.3 Å². The number of aromatic nitrogens is 2. The van der Waals surface area contributed by atoms with Crippen molar-refractivity contribution in [2.45, 2.75) is 37.7 Å². The molecule has 0 aliphatic carbocycles. The number of ether oxygens (including phenoxy) is 2. The Bertz CT molecular complexity index is 1890. The van der Waals surface area contributed by atoms with Crippen LogP contribution in [-0.4, -0.2) is 52.8 Å². The summed E-state index contributed by atoms with van der Waals surface area (Å²) in [5, 5.41) is 13.0. The van der Waals surface area contributed by atoms with Gasteiger partial charge in [0.25, 0.3) is 5.91 Å². The van der Waals surface area contributed by atoms with E-state index >= 15 is 0 Å². The van der Waals surface area contributed by atoms with Crippen LogP contribution in [0.1, 0.15) is 34.1 Å². The molecular weight excluding hydrogens is 646 g/mol. The maximum Gasteiger partial charge on any atom is 0.424 e. The third-order valence-corrected chi connectivity index (χ3v) is 7.86. The molecule has 2 amide bonds. The lowest BCUT2D eigenvalue weighted by molar-refractivity contribution is -0.265. The van der Waals surface area contributed by atoms with E-state index in [4.69, 9.17) is 22.1 Å². The summed E-state index contributed by atoms with van der Waals surface area (Å²) < 4.78 is 94.4. The summed E-state index contributed by atoms with van der Waals surface area (Å²) in [5.74, 6) is -3.64. The van der Waals surface area contributed by atoms with Crippen molar-refractivity contribution in [1.29, 1.82) is 0 Å². The zero-order valence-electron chi connectivity index (χ0n) is 23.8. The highest BCUT2D eigenvalue weighted by molar-refractivity contribution is 6.31. The monoisotopic (exact) mass is 668 g/mol. The molecule has 1 aliphatic heterocycles. The van der Waals surface area contributed by atoms with Crippen LogP contribution < -0.4 is 20.5 Å². The van der Waals surface area contributed by atoms with Gasteiger partial charge in [0, 0.05) is 28.3 Å². The summed E-state index contributed by atoms with van der Waals surface area (Å²) in [6.45, 7) is -2.25. The molecule has 0 radical (unpaired) electrons. The number of rotatable bonds is 8. The van der Waals surface area contributed by atoms with Crippen molar-refractivity contribution in [3.63, 3.8) is 0 Å². The minimum Gasteiger partial charge on any atom is -0.489 e. The Morgan fingerprint density at radius 1 is 1.20 bits per heavy atom. The second kappa shape index (κ2) is 11.6. The minimum absolute atomic E-state index is 0.0154. The second-order valence-electron chi connectivity index (χ2n) is 10.8. The van der Waals surface area contributed by atoms with E-state index in [1.54, 1.807) is 6.92 Å². The average molecular weight is 669 g/mol. The molecule has 4 aromatic rings. The normalized spacial score (nSPS) is 17.4. The first-order valence-corrected chi connectivity index (χ1v) is 13.7. The van der Waals surface area contributed by atoms with Crippen LogP contribution in [0.4, 0.5) is 26.3 Å². The van der Waals surface area contributed by atoms with Crippen molar-refractivity contribution in [3.05, 3.63) is 81.9 Å². The number of alkyl halides is 5. The van der Waals surface area contributed by atoms with Crippen LogP contribution in [0.5, 0.6) is 11.5 Å². The zero-order chi connectivity index (χ0) is 33.8. The van der Waals surface area contributed by atoms with Crippen molar-refractivity contribution < 1.29 is 50.5 Å². The lowest BCUT2D eigenvalue weighted by Gasteiger charge is -2.31. The molecule has 242 valence electrons. The highest BCUT2D eigenvalue weighted by Gasteiger charge is 2.57. The Labute approximate surface area is 261 Å². The van der Waals surface area contributed by atoms with Gasteiger partial charge in [0.15, 0.2) is 5.75 Å². The fraction of sp³-hybridized carbons (Fsp3) is 0.267. The number of primary amides is 1.